The number of hydrogen-bond donors (Lipinski definition) is 0. The molecule has 0 bridgehead atoms. The number of aromatic nitrogens is 3. The Labute approximate surface area is 159 Å². The van der Waals surface area contributed by atoms with Crippen LogP contribution in [0.1, 0.15) is 34.8 Å². The van der Waals surface area contributed by atoms with E-state index in [1.165, 1.54) is 4.68 Å². The summed E-state index contributed by atoms with van der Waals surface area (Å²) in [6, 6.07) is 10.4. The fourth-order valence-corrected chi connectivity index (χ4v) is 2.78. The van der Waals surface area contributed by atoms with Gasteiger partial charge in [0.15, 0.2) is 5.69 Å². The van der Waals surface area contributed by atoms with Crippen molar-refractivity contribution in [2.45, 2.75) is 13.8 Å². The molecule has 3 rings (SSSR count). The summed E-state index contributed by atoms with van der Waals surface area (Å²) in [5, 5.41) is 12.8. The van der Waals surface area contributed by atoms with Crippen LogP contribution in [0.15, 0.2) is 41.5 Å². The molecule has 10 nitrogen and oxygen atoms in total. The van der Waals surface area contributed by atoms with Gasteiger partial charge in [-0.3, -0.25) is 0 Å². The van der Waals surface area contributed by atoms with Crippen LogP contribution in [0.4, 0.5) is 5.69 Å². The van der Waals surface area contributed by atoms with E-state index >= 15 is 0 Å². The van der Waals surface area contributed by atoms with E-state index in [1.807, 2.05) is 12.1 Å². The Morgan fingerprint density at radius 3 is 2.46 bits per heavy atom. The maximum Gasteiger partial charge on any atom is 0.361 e. The molecule has 28 heavy (non-hydrogen) atoms. The summed E-state index contributed by atoms with van der Waals surface area (Å²) in [6.07, 6.45) is 0. The Hall–Kier alpha value is -3.91. The molecular weight excluding hydrogens is 364 g/mol. The van der Waals surface area contributed by atoms with Gasteiger partial charge in [-0.1, -0.05) is 40.7 Å². The van der Waals surface area contributed by atoms with Gasteiger partial charge in [-0.25, -0.2) is 14.3 Å². The van der Waals surface area contributed by atoms with Crippen LogP contribution in [0.5, 0.6) is 0 Å². The summed E-state index contributed by atoms with van der Waals surface area (Å²) in [7, 11) is 0. The second kappa shape index (κ2) is 8.19. The van der Waals surface area contributed by atoms with Crippen LogP contribution < -0.4 is 0 Å². The van der Waals surface area contributed by atoms with Gasteiger partial charge in [0.2, 0.25) is 5.69 Å². The van der Waals surface area contributed by atoms with E-state index in [-0.39, 0.29) is 24.6 Å². The van der Waals surface area contributed by atoms with Crippen LogP contribution in [0.2, 0.25) is 0 Å². The lowest BCUT2D eigenvalue weighted by molar-refractivity contribution is 0.0469. The molecule has 2 aromatic carbocycles. The van der Waals surface area contributed by atoms with Crippen molar-refractivity contribution in [3.63, 3.8) is 0 Å². The SMILES string of the molecule is CCOC(=O)c1nnn(-c2cccc3cccc(N=[N+]=[N-])c23)c1C(=O)OCC. The lowest BCUT2D eigenvalue weighted by Gasteiger charge is -2.11. The molecule has 1 aromatic heterocycles. The van der Waals surface area contributed by atoms with Gasteiger partial charge in [0.05, 0.1) is 18.9 Å². The first-order valence-corrected chi connectivity index (χ1v) is 8.49. The van der Waals surface area contributed by atoms with Crippen molar-refractivity contribution in [1.29, 1.82) is 0 Å². The Kier molecular flexibility index (Phi) is 5.52. The summed E-state index contributed by atoms with van der Waals surface area (Å²) in [4.78, 5) is 27.7. The smallest absolute Gasteiger partial charge is 0.361 e. The number of hydrogen-bond acceptors (Lipinski definition) is 7. The van der Waals surface area contributed by atoms with Crippen molar-refractivity contribution in [1.82, 2.24) is 15.0 Å². The predicted molar refractivity (Wildman–Crippen MR) is 99.6 cm³/mol. The predicted octanol–water partition coefficient (Wildman–Crippen LogP) is 3.72. The number of ether oxygens (including phenoxy) is 2. The van der Waals surface area contributed by atoms with E-state index in [4.69, 9.17) is 15.0 Å². The third-order valence-corrected chi connectivity index (χ3v) is 3.85. The van der Waals surface area contributed by atoms with Crippen molar-refractivity contribution in [3.8, 4) is 5.69 Å². The Morgan fingerprint density at radius 2 is 1.79 bits per heavy atom. The highest BCUT2D eigenvalue weighted by molar-refractivity contribution is 6.03. The summed E-state index contributed by atoms with van der Waals surface area (Å²) >= 11 is 0. The Balaban J connectivity index is 2.31. The maximum absolute atomic E-state index is 12.6. The Morgan fingerprint density at radius 1 is 1.11 bits per heavy atom. The number of carbonyl (C=O) groups excluding carboxylic acids is 2. The van der Waals surface area contributed by atoms with E-state index in [9.17, 15) is 9.59 Å². The normalized spacial score (nSPS) is 10.4. The molecule has 0 aliphatic rings. The van der Waals surface area contributed by atoms with Crippen molar-refractivity contribution < 1.29 is 19.1 Å². The number of carbonyl (C=O) groups is 2. The van der Waals surface area contributed by atoms with Gasteiger partial charge in [-0.05, 0) is 30.8 Å². The molecule has 0 amide bonds. The van der Waals surface area contributed by atoms with E-state index in [1.54, 1.807) is 38.1 Å². The Bertz CT molecular complexity index is 1100. The van der Waals surface area contributed by atoms with Gasteiger partial charge in [-0.15, -0.1) is 5.10 Å². The maximum atomic E-state index is 12.6. The number of azide groups is 1. The molecule has 0 radical (unpaired) electrons. The third-order valence-electron chi connectivity index (χ3n) is 3.85. The quantitative estimate of drug-likeness (QED) is 0.277. The molecule has 0 aliphatic heterocycles. The van der Waals surface area contributed by atoms with Crippen molar-refractivity contribution in [2.75, 3.05) is 13.2 Å². The van der Waals surface area contributed by atoms with Crippen LogP contribution in [-0.4, -0.2) is 40.1 Å². The van der Waals surface area contributed by atoms with Gasteiger partial charge in [0.1, 0.15) is 0 Å². The first-order chi connectivity index (χ1) is 13.6. The molecule has 0 saturated carbocycles. The minimum absolute atomic E-state index is 0.103. The topological polar surface area (TPSA) is 132 Å². The van der Waals surface area contributed by atoms with Crippen LogP contribution in [-0.2, 0) is 9.47 Å². The summed E-state index contributed by atoms with van der Waals surface area (Å²) in [5.41, 5.74) is 9.22. The fourth-order valence-electron chi connectivity index (χ4n) is 2.78. The average Bonchev–Trinajstić information content (AvgIpc) is 3.13. The lowest BCUT2D eigenvalue weighted by atomic mass is 10.1. The molecule has 0 fully saturated rings. The van der Waals surface area contributed by atoms with E-state index in [0.717, 1.165) is 5.39 Å². The number of nitrogens with zero attached hydrogens (tertiary/aromatic N) is 6. The first-order valence-electron chi connectivity index (χ1n) is 8.49. The molecule has 0 spiro atoms. The molecule has 3 aromatic rings. The van der Waals surface area contributed by atoms with E-state index in [2.05, 4.69) is 20.3 Å². The molecule has 0 atom stereocenters. The van der Waals surface area contributed by atoms with Crippen LogP contribution in [0, 0.1) is 0 Å². The van der Waals surface area contributed by atoms with Gasteiger partial charge in [0, 0.05) is 16.0 Å². The zero-order valence-corrected chi connectivity index (χ0v) is 15.2. The first kappa shape index (κ1) is 18.9. The highest BCUT2D eigenvalue weighted by Crippen LogP contribution is 2.32. The number of benzene rings is 2. The second-order valence-electron chi connectivity index (χ2n) is 5.48. The molecule has 1 heterocycles. The van der Waals surface area contributed by atoms with E-state index in [0.29, 0.717) is 16.8 Å². The van der Waals surface area contributed by atoms with Crippen LogP contribution >= 0.6 is 0 Å². The molecule has 10 heteroatoms. The molecular formula is C18H16N6O4. The molecule has 0 unspecified atom stereocenters. The van der Waals surface area contributed by atoms with Gasteiger partial charge >= 0.3 is 11.9 Å². The number of rotatable bonds is 6. The summed E-state index contributed by atoms with van der Waals surface area (Å²) in [6.45, 7) is 3.51. The molecule has 0 N–H and O–H groups in total. The zero-order chi connectivity index (χ0) is 20.1. The highest BCUT2D eigenvalue weighted by Gasteiger charge is 2.29. The van der Waals surface area contributed by atoms with Gasteiger partial charge < -0.3 is 9.47 Å². The average molecular weight is 380 g/mol. The zero-order valence-electron chi connectivity index (χ0n) is 15.2. The molecule has 142 valence electrons. The lowest BCUT2D eigenvalue weighted by Crippen LogP contribution is -2.17. The number of fused-ring (bicyclic) bond motifs is 1. The van der Waals surface area contributed by atoms with Crippen molar-refractivity contribution in [2.24, 2.45) is 5.11 Å². The summed E-state index contributed by atoms with van der Waals surface area (Å²) < 4.78 is 11.2. The minimum atomic E-state index is -0.785. The summed E-state index contributed by atoms with van der Waals surface area (Å²) in [5.74, 6) is -1.55. The van der Waals surface area contributed by atoms with E-state index < -0.39 is 11.9 Å². The van der Waals surface area contributed by atoms with Gasteiger partial charge in [0.25, 0.3) is 0 Å². The standard InChI is InChI=1S/C18H16N6O4/c1-3-27-17(25)15-16(18(26)28-4-2)24(23-21-15)13-10-6-8-11-7-5-9-12(14(11)13)20-22-19/h5-10H,3-4H2,1-2H3. The minimum Gasteiger partial charge on any atom is -0.461 e. The highest BCUT2D eigenvalue weighted by atomic mass is 16.5. The van der Waals surface area contributed by atoms with Crippen LogP contribution in [0.3, 0.4) is 0 Å². The fraction of sp³-hybridized carbons (Fsp3) is 0.222. The van der Waals surface area contributed by atoms with Crippen molar-refractivity contribution in [3.05, 3.63) is 58.2 Å². The third kappa shape index (κ3) is 3.36. The van der Waals surface area contributed by atoms with Gasteiger partial charge in [-0.2, -0.15) is 0 Å². The monoisotopic (exact) mass is 380 g/mol. The van der Waals surface area contributed by atoms with Crippen molar-refractivity contribution >= 4 is 28.4 Å². The largest absolute Gasteiger partial charge is 0.461 e. The second-order valence-corrected chi connectivity index (χ2v) is 5.48. The molecule has 0 saturated heterocycles. The molecule has 0 aliphatic carbocycles. The number of esters is 2. The van der Waals surface area contributed by atoms with Crippen LogP contribution in [0.25, 0.3) is 26.9 Å².